The van der Waals surface area contributed by atoms with Crippen LogP contribution in [0.2, 0.25) is 0 Å². The molecular formula is C22H25NO4. The lowest BCUT2D eigenvalue weighted by Crippen LogP contribution is -2.42. The van der Waals surface area contributed by atoms with E-state index in [2.05, 4.69) is 0 Å². The van der Waals surface area contributed by atoms with E-state index in [1.807, 2.05) is 42.5 Å². The van der Waals surface area contributed by atoms with Gasteiger partial charge in [0.05, 0.1) is 13.0 Å². The lowest BCUT2D eigenvalue weighted by molar-refractivity contribution is -0.133. The molecule has 0 radical (unpaired) electrons. The van der Waals surface area contributed by atoms with Crippen LogP contribution >= 0.6 is 0 Å². The van der Waals surface area contributed by atoms with Gasteiger partial charge in [0, 0.05) is 31.7 Å². The van der Waals surface area contributed by atoms with Gasteiger partial charge < -0.3 is 14.4 Å². The number of Topliss-reactive ketones (excluding diaryl/α,β-unsaturated/α-hetero) is 1. The number of methoxy groups -OCH3 is 1. The average molecular weight is 367 g/mol. The first-order chi connectivity index (χ1) is 13.2. The van der Waals surface area contributed by atoms with Crippen molar-refractivity contribution in [2.45, 2.75) is 19.3 Å². The van der Waals surface area contributed by atoms with Crippen LogP contribution in [0.4, 0.5) is 0 Å². The highest BCUT2D eigenvalue weighted by Crippen LogP contribution is 2.25. The average Bonchev–Trinajstić information content (AvgIpc) is 2.73. The molecule has 1 atom stereocenters. The van der Waals surface area contributed by atoms with E-state index in [0.717, 1.165) is 25.1 Å². The third kappa shape index (κ3) is 5.17. The molecular weight excluding hydrogens is 342 g/mol. The Labute approximate surface area is 159 Å². The Kier molecular flexibility index (Phi) is 6.60. The molecule has 5 heteroatoms. The second-order valence-corrected chi connectivity index (χ2v) is 6.73. The minimum absolute atomic E-state index is 0.0564. The Morgan fingerprint density at radius 2 is 1.74 bits per heavy atom. The molecule has 0 aromatic heterocycles. The number of benzene rings is 2. The number of rotatable bonds is 7. The van der Waals surface area contributed by atoms with Crippen LogP contribution in [0, 0.1) is 5.92 Å². The van der Waals surface area contributed by atoms with Crippen molar-refractivity contribution >= 4 is 11.7 Å². The van der Waals surface area contributed by atoms with E-state index in [9.17, 15) is 9.59 Å². The molecule has 5 nitrogen and oxygen atoms in total. The summed E-state index contributed by atoms with van der Waals surface area (Å²) in [5, 5.41) is 0. The van der Waals surface area contributed by atoms with Crippen LogP contribution in [0.3, 0.4) is 0 Å². The molecule has 1 fully saturated rings. The Hall–Kier alpha value is -2.66. The van der Waals surface area contributed by atoms with Crippen molar-refractivity contribution in [2.75, 3.05) is 26.8 Å². The van der Waals surface area contributed by atoms with Gasteiger partial charge in [0.15, 0.2) is 5.78 Å². The van der Waals surface area contributed by atoms with Crippen LogP contribution in [0.25, 0.3) is 0 Å². The molecule has 1 aliphatic heterocycles. The Morgan fingerprint density at radius 3 is 2.44 bits per heavy atom. The number of carbonyl (C=O) groups is 2. The quantitative estimate of drug-likeness (QED) is 0.696. The van der Waals surface area contributed by atoms with Gasteiger partial charge in [-0.25, -0.2) is 0 Å². The van der Waals surface area contributed by atoms with Crippen LogP contribution in [0.5, 0.6) is 11.5 Å². The maximum absolute atomic E-state index is 12.8. The van der Waals surface area contributed by atoms with Crippen LogP contribution < -0.4 is 4.74 Å². The number of nitrogens with zero attached hydrogens (tertiary/aromatic N) is 1. The van der Waals surface area contributed by atoms with Crippen molar-refractivity contribution in [1.82, 2.24) is 4.90 Å². The zero-order valence-corrected chi connectivity index (χ0v) is 15.6. The summed E-state index contributed by atoms with van der Waals surface area (Å²) >= 11 is 0. The summed E-state index contributed by atoms with van der Waals surface area (Å²) in [5.41, 5.74) is 0.659. The molecule has 1 saturated heterocycles. The number of likely N-dealkylation sites (tertiary alicyclic amines) is 1. The molecule has 142 valence electrons. The van der Waals surface area contributed by atoms with E-state index in [0.29, 0.717) is 30.9 Å². The minimum atomic E-state index is -0.147. The number of carbonyl (C=O) groups excluding carboxylic acids is 2. The zero-order chi connectivity index (χ0) is 19.1. The van der Waals surface area contributed by atoms with Crippen molar-refractivity contribution in [3.05, 3.63) is 60.2 Å². The monoisotopic (exact) mass is 367 g/mol. The molecule has 1 heterocycles. The molecule has 2 aromatic rings. The number of para-hydroxylation sites is 1. The highest BCUT2D eigenvalue weighted by molar-refractivity contribution is 5.98. The number of hydrogen-bond acceptors (Lipinski definition) is 4. The molecule has 3 rings (SSSR count). The summed E-state index contributed by atoms with van der Waals surface area (Å²) in [4.78, 5) is 26.8. The molecule has 0 bridgehead atoms. The molecule has 0 aliphatic carbocycles. The number of piperidine rings is 1. The fourth-order valence-corrected chi connectivity index (χ4v) is 3.31. The minimum Gasteiger partial charge on any atom is -0.457 e. The van der Waals surface area contributed by atoms with Crippen molar-refractivity contribution in [3.8, 4) is 11.5 Å². The summed E-state index contributed by atoms with van der Waals surface area (Å²) < 4.78 is 10.7. The molecule has 27 heavy (non-hydrogen) atoms. The van der Waals surface area contributed by atoms with Crippen LogP contribution in [-0.4, -0.2) is 43.4 Å². The van der Waals surface area contributed by atoms with E-state index in [1.54, 1.807) is 24.1 Å². The second kappa shape index (κ2) is 9.33. The largest absolute Gasteiger partial charge is 0.457 e. The van der Waals surface area contributed by atoms with E-state index in [4.69, 9.17) is 9.47 Å². The van der Waals surface area contributed by atoms with Gasteiger partial charge >= 0.3 is 0 Å². The topological polar surface area (TPSA) is 55.8 Å². The van der Waals surface area contributed by atoms with Gasteiger partial charge in [-0.1, -0.05) is 18.2 Å². The Balaban J connectivity index is 1.60. The van der Waals surface area contributed by atoms with Gasteiger partial charge in [-0.05, 0) is 49.2 Å². The summed E-state index contributed by atoms with van der Waals surface area (Å²) in [5.74, 6) is 1.45. The molecule has 1 aliphatic rings. The molecule has 0 N–H and O–H groups in total. The Bertz CT molecular complexity index is 758. The third-order valence-corrected chi connectivity index (χ3v) is 4.78. The lowest BCUT2D eigenvalue weighted by Gasteiger charge is -2.32. The van der Waals surface area contributed by atoms with Gasteiger partial charge in [-0.3, -0.25) is 9.59 Å². The predicted octanol–water partition coefficient (Wildman–Crippen LogP) is 3.94. The van der Waals surface area contributed by atoms with E-state index in [1.165, 1.54) is 0 Å². The highest BCUT2D eigenvalue weighted by Gasteiger charge is 2.28. The van der Waals surface area contributed by atoms with Gasteiger partial charge in [0.1, 0.15) is 11.5 Å². The first-order valence-electron chi connectivity index (χ1n) is 9.31. The number of hydrogen-bond donors (Lipinski definition) is 0. The smallest absolute Gasteiger partial charge is 0.224 e. The summed E-state index contributed by atoms with van der Waals surface area (Å²) in [6, 6.07) is 16.7. The first kappa shape index (κ1) is 19.1. The Morgan fingerprint density at radius 1 is 1.04 bits per heavy atom. The molecule has 0 saturated carbocycles. The highest BCUT2D eigenvalue weighted by atomic mass is 16.5. The third-order valence-electron chi connectivity index (χ3n) is 4.78. The second-order valence-electron chi connectivity index (χ2n) is 6.73. The first-order valence-corrected chi connectivity index (χ1v) is 9.31. The summed E-state index contributed by atoms with van der Waals surface area (Å²) in [7, 11) is 1.58. The van der Waals surface area contributed by atoms with Gasteiger partial charge in [0.25, 0.3) is 0 Å². The van der Waals surface area contributed by atoms with Crippen molar-refractivity contribution < 1.29 is 19.1 Å². The number of ether oxygens (including phenoxy) is 2. The van der Waals surface area contributed by atoms with E-state index < -0.39 is 0 Å². The van der Waals surface area contributed by atoms with E-state index >= 15 is 0 Å². The van der Waals surface area contributed by atoms with E-state index in [-0.39, 0.29) is 17.6 Å². The summed E-state index contributed by atoms with van der Waals surface area (Å²) in [6.07, 6.45) is 2.03. The van der Waals surface area contributed by atoms with Gasteiger partial charge in [-0.2, -0.15) is 0 Å². The SMILES string of the molecule is COCCC(=O)N1CCC[C@H](C(=O)c2ccc(Oc3ccccc3)cc2)C1. The van der Waals surface area contributed by atoms with Crippen molar-refractivity contribution in [1.29, 1.82) is 0 Å². The number of ketones is 1. The maximum Gasteiger partial charge on any atom is 0.224 e. The van der Waals surface area contributed by atoms with Gasteiger partial charge in [-0.15, -0.1) is 0 Å². The fraction of sp³-hybridized carbons (Fsp3) is 0.364. The van der Waals surface area contributed by atoms with Crippen LogP contribution in [-0.2, 0) is 9.53 Å². The predicted molar refractivity (Wildman–Crippen MR) is 103 cm³/mol. The molecule has 1 amide bonds. The molecule has 2 aromatic carbocycles. The molecule has 0 spiro atoms. The van der Waals surface area contributed by atoms with Crippen molar-refractivity contribution in [3.63, 3.8) is 0 Å². The van der Waals surface area contributed by atoms with Gasteiger partial charge in [0.2, 0.25) is 5.91 Å². The summed E-state index contributed by atoms with van der Waals surface area (Å²) in [6.45, 7) is 1.62. The van der Waals surface area contributed by atoms with Crippen molar-refractivity contribution in [2.24, 2.45) is 5.92 Å². The zero-order valence-electron chi connectivity index (χ0n) is 15.6. The maximum atomic E-state index is 12.8. The van der Waals surface area contributed by atoms with Crippen LogP contribution in [0.1, 0.15) is 29.6 Å². The standard InChI is InChI=1S/C22H25NO4/c1-26-15-13-21(24)23-14-5-6-18(16-23)22(25)17-9-11-20(12-10-17)27-19-7-3-2-4-8-19/h2-4,7-12,18H,5-6,13-16H2,1H3/t18-/m0/s1. The number of amides is 1. The van der Waals surface area contributed by atoms with Crippen LogP contribution in [0.15, 0.2) is 54.6 Å². The fourth-order valence-electron chi connectivity index (χ4n) is 3.31. The normalized spacial score (nSPS) is 16.8. The lowest BCUT2D eigenvalue weighted by atomic mass is 9.90. The molecule has 0 unspecified atom stereocenters.